The molecule has 0 aromatic heterocycles. The van der Waals surface area contributed by atoms with Gasteiger partial charge in [0.2, 0.25) is 5.91 Å². The molecular weight excluding hydrogens is 250 g/mol. The number of amides is 3. The third kappa shape index (κ3) is 7.28. The van der Waals surface area contributed by atoms with Gasteiger partial charge in [0, 0.05) is 33.6 Å². The molecule has 19 heavy (non-hydrogen) atoms. The lowest BCUT2D eigenvalue weighted by Gasteiger charge is -2.22. The topological polar surface area (TPSA) is 98.7 Å². The van der Waals surface area contributed by atoms with E-state index in [1.807, 2.05) is 0 Å². The fourth-order valence-corrected chi connectivity index (χ4v) is 1.59. The number of hydrogen-bond acceptors (Lipinski definition) is 3. The highest BCUT2D eigenvalue weighted by molar-refractivity contribution is 5.79. The number of aliphatic carboxylic acids is 1. The van der Waals surface area contributed by atoms with E-state index in [0.717, 1.165) is 0 Å². The van der Waals surface area contributed by atoms with Gasteiger partial charge in [0.05, 0.1) is 5.92 Å². The molecule has 3 N–H and O–H groups in total. The summed E-state index contributed by atoms with van der Waals surface area (Å²) in [5, 5.41) is 13.8. The third-order valence-corrected chi connectivity index (χ3v) is 2.71. The minimum Gasteiger partial charge on any atom is -0.481 e. The predicted octanol–water partition coefficient (Wildman–Crippen LogP) is 0.121. The summed E-state index contributed by atoms with van der Waals surface area (Å²) in [5.41, 5.74) is 0. The average Bonchev–Trinajstić information content (AvgIpc) is 2.33. The number of carboxylic acid groups (broad SMARTS) is 1. The molecule has 0 heterocycles. The van der Waals surface area contributed by atoms with Gasteiger partial charge in [-0.3, -0.25) is 9.59 Å². The second-order valence-corrected chi connectivity index (χ2v) is 4.78. The monoisotopic (exact) mass is 273 g/mol. The van der Waals surface area contributed by atoms with Gasteiger partial charge >= 0.3 is 12.0 Å². The van der Waals surface area contributed by atoms with E-state index in [1.54, 1.807) is 27.9 Å². The molecule has 0 aliphatic carbocycles. The van der Waals surface area contributed by atoms with Gasteiger partial charge in [0.1, 0.15) is 0 Å². The molecule has 0 aliphatic heterocycles. The van der Waals surface area contributed by atoms with Crippen molar-refractivity contribution in [3.05, 3.63) is 0 Å². The molecule has 0 rings (SSSR count). The highest BCUT2D eigenvalue weighted by atomic mass is 16.4. The Morgan fingerprint density at radius 2 is 1.84 bits per heavy atom. The zero-order valence-electron chi connectivity index (χ0n) is 11.9. The van der Waals surface area contributed by atoms with Crippen LogP contribution in [0.15, 0.2) is 0 Å². The van der Waals surface area contributed by atoms with Gasteiger partial charge in [-0.2, -0.15) is 0 Å². The van der Waals surface area contributed by atoms with E-state index in [-0.39, 0.29) is 30.2 Å². The molecule has 0 fully saturated rings. The molecule has 0 aliphatic rings. The number of rotatable bonds is 7. The molecule has 0 saturated carbocycles. The van der Waals surface area contributed by atoms with Gasteiger partial charge in [-0.15, -0.1) is 0 Å². The molecule has 0 bridgehead atoms. The van der Waals surface area contributed by atoms with Crippen molar-refractivity contribution >= 4 is 17.9 Å². The summed E-state index contributed by atoms with van der Waals surface area (Å²) in [5.74, 6) is -1.44. The molecule has 0 aromatic carbocycles. The quantitative estimate of drug-likeness (QED) is 0.613. The number of carboxylic acids is 1. The van der Waals surface area contributed by atoms with Gasteiger partial charge in [0.15, 0.2) is 0 Å². The van der Waals surface area contributed by atoms with Gasteiger partial charge in [-0.1, -0.05) is 13.8 Å². The van der Waals surface area contributed by atoms with Crippen LogP contribution in [0, 0.1) is 11.8 Å². The van der Waals surface area contributed by atoms with Crippen LogP contribution in [-0.4, -0.2) is 55.1 Å². The minimum absolute atomic E-state index is 0.0125. The molecule has 0 radical (unpaired) electrons. The first-order valence-electron chi connectivity index (χ1n) is 6.20. The number of hydrogen-bond donors (Lipinski definition) is 3. The summed E-state index contributed by atoms with van der Waals surface area (Å²) in [7, 11) is 3.14. The van der Waals surface area contributed by atoms with E-state index >= 15 is 0 Å². The van der Waals surface area contributed by atoms with E-state index in [4.69, 9.17) is 5.11 Å². The zero-order chi connectivity index (χ0) is 15.0. The molecule has 7 nitrogen and oxygen atoms in total. The molecule has 7 heteroatoms. The smallest absolute Gasteiger partial charge is 0.317 e. The van der Waals surface area contributed by atoms with E-state index in [0.29, 0.717) is 13.1 Å². The molecule has 3 amide bonds. The van der Waals surface area contributed by atoms with Crippen molar-refractivity contribution < 1.29 is 19.5 Å². The predicted molar refractivity (Wildman–Crippen MR) is 70.7 cm³/mol. The molecule has 0 aromatic rings. The van der Waals surface area contributed by atoms with Crippen LogP contribution in [0.4, 0.5) is 4.79 Å². The minimum atomic E-state index is -0.886. The van der Waals surface area contributed by atoms with Crippen molar-refractivity contribution in [2.75, 3.05) is 27.2 Å². The standard InChI is InChI=1S/C12H23N3O4/c1-8(5-10(16)17)6-14-12(19)15(4)7-9(2)11(18)13-3/h8-9H,5-7H2,1-4H3,(H,13,18)(H,14,19)(H,16,17). The van der Waals surface area contributed by atoms with Crippen LogP contribution < -0.4 is 10.6 Å². The zero-order valence-corrected chi connectivity index (χ0v) is 11.9. The van der Waals surface area contributed by atoms with Crippen LogP contribution in [0.5, 0.6) is 0 Å². The van der Waals surface area contributed by atoms with Crippen molar-refractivity contribution in [1.29, 1.82) is 0 Å². The Hall–Kier alpha value is -1.79. The van der Waals surface area contributed by atoms with E-state index in [9.17, 15) is 14.4 Å². The molecule has 2 atom stereocenters. The Balaban J connectivity index is 4.07. The SMILES string of the molecule is CNC(=O)C(C)CN(C)C(=O)NCC(C)CC(=O)O. The molecule has 0 saturated heterocycles. The first-order valence-corrected chi connectivity index (χ1v) is 6.20. The first kappa shape index (κ1) is 17.2. The Kier molecular flexibility index (Phi) is 7.55. The van der Waals surface area contributed by atoms with Crippen LogP contribution in [-0.2, 0) is 9.59 Å². The van der Waals surface area contributed by atoms with E-state index in [2.05, 4.69) is 10.6 Å². The summed E-state index contributed by atoms with van der Waals surface area (Å²) in [4.78, 5) is 34.9. The lowest BCUT2D eigenvalue weighted by molar-refractivity contribution is -0.138. The maximum absolute atomic E-state index is 11.7. The lowest BCUT2D eigenvalue weighted by atomic mass is 10.1. The Morgan fingerprint density at radius 1 is 1.26 bits per heavy atom. The Morgan fingerprint density at radius 3 is 2.32 bits per heavy atom. The van der Waals surface area contributed by atoms with Crippen LogP contribution in [0.25, 0.3) is 0 Å². The first-order chi connectivity index (χ1) is 8.77. The summed E-state index contributed by atoms with van der Waals surface area (Å²) in [6.07, 6.45) is 0.0125. The number of nitrogens with zero attached hydrogens (tertiary/aromatic N) is 1. The average molecular weight is 273 g/mol. The fraction of sp³-hybridized carbons (Fsp3) is 0.750. The molecule has 0 spiro atoms. The van der Waals surface area contributed by atoms with Gasteiger partial charge in [-0.05, 0) is 5.92 Å². The second-order valence-electron chi connectivity index (χ2n) is 4.78. The third-order valence-electron chi connectivity index (χ3n) is 2.71. The van der Waals surface area contributed by atoms with E-state index in [1.165, 1.54) is 4.90 Å². The second kappa shape index (κ2) is 8.34. The number of nitrogens with one attached hydrogen (secondary N) is 2. The number of carbonyl (C=O) groups excluding carboxylic acids is 2. The van der Waals surface area contributed by atoms with Crippen molar-refractivity contribution in [3.8, 4) is 0 Å². The van der Waals surface area contributed by atoms with Crippen molar-refractivity contribution in [1.82, 2.24) is 15.5 Å². The van der Waals surface area contributed by atoms with Crippen molar-refractivity contribution in [2.24, 2.45) is 11.8 Å². The maximum Gasteiger partial charge on any atom is 0.317 e. The molecular formula is C12H23N3O4. The van der Waals surface area contributed by atoms with Gasteiger partial charge in [-0.25, -0.2) is 4.79 Å². The Labute approximate surface area is 113 Å². The summed E-state index contributed by atoms with van der Waals surface area (Å²) in [6.45, 7) is 4.08. The molecule has 2 unspecified atom stereocenters. The number of carbonyl (C=O) groups is 3. The Bertz CT molecular complexity index is 333. The van der Waals surface area contributed by atoms with Crippen molar-refractivity contribution in [3.63, 3.8) is 0 Å². The highest BCUT2D eigenvalue weighted by Crippen LogP contribution is 2.01. The van der Waals surface area contributed by atoms with Gasteiger partial charge in [0.25, 0.3) is 0 Å². The van der Waals surface area contributed by atoms with Crippen LogP contribution in [0.3, 0.4) is 0 Å². The molecule has 110 valence electrons. The maximum atomic E-state index is 11.7. The normalized spacial score (nSPS) is 13.3. The number of urea groups is 1. The van der Waals surface area contributed by atoms with Crippen LogP contribution in [0.2, 0.25) is 0 Å². The van der Waals surface area contributed by atoms with Crippen LogP contribution in [0.1, 0.15) is 20.3 Å². The lowest BCUT2D eigenvalue weighted by Crippen LogP contribution is -2.43. The van der Waals surface area contributed by atoms with Gasteiger partial charge < -0.3 is 20.6 Å². The summed E-state index contributed by atoms with van der Waals surface area (Å²) >= 11 is 0. The summed E-state index contributed by atoms with van der Waals surface area (Å²) in [6, 6.07) is -0.312. The summed E-state index contributed by atoms with van der Waals surface area (Å²) < 4.78 is 0. The largest absolute Gasteiger partial charge is 0.481 e. The van der Waals surface area contributed by atoms with Crippen molar-refractivity contribution in [2.45, 2.75) is 20.3 Å². The van der Waals surface area contributed by atoms with E-state index < -0.39 is 5.97 Å². The fourth-order valence-electron chi connectivity index (χ4n) is 1.59. The van der Waals surface area contributed by atoms with Crippen LogP contribution >= 0.6 is 0 Å². The highest BCUT2D eigenvalue weighted by Gasteiger charge is 2.17.